The molecule has 7 nitrogen and oxygen atoms in total. The van der Waals surface area contributed by atoms with E-state index in [-0.39, 0.29) is 11.2 Å². The number of ether oxygens (including phenoxy) is 1. The van der Waals surface area contributed by atoms with Crippen LogP contribution >= 0.6 is 12.2 Å². The van der Waals surface area contributed by atoms with Gasteiger partial charge in [-0.25, -0.2) is 4.39 Å². The molecule has 3 aromatic rings. The smallest absolute Gasteiger partial charge is 0.232 e. The molecule has 2 N–H and O–H groups in total. The molecule has 0 radical (unpaired) electrons. The Labute approximate surface area is 241 Å². The number of halogens is 1. The van der Waals surface area contributed by atoms with E-state index in [1.54, 1.807) is 0 Å². The third-order valence-electron chi connectivity index (χ3n) is 8.56. The molecule has 1 atom stereocenters. The fraction of sp³-hybridized carbons (Fsp3) is 0.452. The summed E-state index contributed by atoms with van der Waals surface area (Å²) in [7, 11) is 0. The molecule has 0 saturated carbocycles. The Morgan fingerprint density at radius 3 is 2.38 bits per heavy atom. The van der Waals surface area contributed by atoms with Gasteiger partial charge in [-0.05, 0) is 72.6 Å². The third kappa shape index (κ3) is 5.90. The Morgan fingerprint density at radius 2 is 1.70 bits per heavy atom. The number of fused-ring (bicyclic) bond motifs is 1. The maximum atomic E-state index is 13.7. The number of anilines is 3. The number of hydrogen-bond donors (Lipinski definition) is 2. The van der Waals surface area contributed by atoms with Gasteiger partial charge in [0.15, 0.2) is 5.11 Å². The molecule has 0 bridgehead atoms. The molecular formula is C31H37FN6OS. The first kappa shape index (κ1) is 26.9. The van der Waals surface area contributed by atoms with Crippen LogP contribution in [0.5, 0.6) is 0 Å². The lowest BCUT2D eigenvalue weighted by atomic mass is 9.74. The molecule has 6 rings (SSSR count). The molecule has 210 valence electrons. The van der Waals surface area contributed by atoms with Crippen LogP contribution in [0.3, 0.4) is 0 Å². The summed E-state index contributed by atoms with van der Waals surface area (Å²) in [5.41, 5.74) is 3.59. The Bertz CT molecular complexity index is 1320. The number of piperidine rings is 1. The van der Waals surface area contributed by atoms with Crippen LogP contribution in [0.2, 0.25) is 0 Å². The van der Waals surface area contributed by atoms with Crippen molar-refractivity contribution in [1.29, 1.82) is 0 Å². The third-order valence-corrected chi connectivity index (χ3v) is 8.81. The van der Waals surface area contributed by atoms with E-state index in [2.05, 4.69) is 57.7 Å². The van der Waals surface area contributed by atoms with Gasteiger partial charge in [0.1, 0.15) is 17.5 Å². The first-order valence-corrected chi connectivity index (χ1v) is 14.7. The van der Waals surface area contributed by atoms with Crippen LogP contribution in [0.25, 0.3) is 0 Å². The van der Waals surface area contributed by atoms with E-state index in [0.717, 1.165) is 62.6 Å². The minimum Gasteiger partial charge on any atom is -0.381 e. The van der Waals surface area contributed by atoms with Gasteiger partial charge in [0.25, 0.3) is 0 Å². The first-order chi connectivity index (χ1) is 19.5. The van der Waals surface area contributed by atoms with E-state index in [1.807, 2.05) is 12.1 Å². The summed E-state index contributed by atoms with van der Waals surface area (Å²) in [6, 6.07) is 17.5. The van der Waals surface area contributed by atoms with Crippen molar-refractivity contribution in [2.45, 2.75) is 51.1 Å². The van der Waals surface area contributed by atoms with Crippen molar-refractivity contribution in [1.82, 2.24) is 15.3 Å². The van der Waals surface area contributed by atoms with Crippen molar-refractivity contribution in [2.24, 2.45) is 5.92 Å². The highest BCUT2D eigenvalue weighted by atomic mass is 32.1. The summed E-state index contributed by atoms with van der Waals surface area (Å²) in [5.74, 6) is 2.74. The number of aromatic nitrogens is 2. The zero-order valence-corrected chi connectivity index (χ0v) is 23.9. The average molecular weight is 561 g/mol. The van der Waals surface area contributed by atoms with E-state index in [9.17, 15) is 4.39 Å². The van der Waals surface area contributed by atoms with Crippen LogP contribution in [0.4, 0.5) is 22.0 Å². The number of rotatable bonds is 6. The van der Waals surface area contributed by atoms with Crippen LogP contribution in [0, 0.1) is 11.7 Å². The lowest BCUT2D eigenvalue weighted by Crippen LogP contribution is -2.45. The number of nitrogens with one attached hydrogen (secondary N) is 2. The van der Waals surface area contributed by atoms with Gasteiger partial charge >= 0.3 is 0 Å². The highest BCUT2D eigenvalue weighted by Gasteiger charge is 2.35. The molecule has 9 heteroatoms. The molecular weight excluding hydrogens is 523 g/mol. The van der Waals surface area contributed by atoms with Crippen LogP contribution in [-0.4, -0.2) is 47.9 Å². The fourth-order valence-corrected chi connectivity index (χ4v) is 6.39. The van der Waals surface area contributed by atoms with Crippen LogP contribution in [-0.2, 0) is 23.2 Å². The first-order valence-electron chi connectivity index (χ1n) is 14.3. The fourth-order valence-electron chi connectivity index (χ4n) is 6.22. The minimum absolute atomic E-state index is 0.184. The summed E-state index contributed by atoms with van der Waals surface area (Å²) < 4.78 is 19.3. The number of benzene rings is 2. The maximum absolute atomic E-state index is 13.7. The summed E-state index contributed by atoms with van der Waals surface area (Å²) in [6.45, 7) is 7.89. The number of hydrogen-bond acceptors (Lipinski definition) is 6. The molecule has 2 saturated heterocycles. The van der Waals surface area contributed by atoms with E-state index < -0.39 is 0 Å². The summed E-state index contributed by atoms with van der Waals surface area (Å²) in [4.78, 5) is 14.5. The summed E-state index contributed by atoms with van der Waals surface area (Å²) >= 11 is 5.76. The molecule has 0 spiro atoms. The summed E-state index contributed by atoms with van der Waals surface area (Å²) in [6.07, 6.45) is 4.09. The predicted octanol–water partition coefficient (Wildman–Crippen LogP) is 5.41. The van der Waals surface area contributed by atoms with E-state index in [1.165, 1.54) is 29.7 Å². The topological polar surface area (TPSA) is 65.5 Å². The SMILES string of the molecule is CC1CCCN(c2cc(N3Cc4ccccc4C3)nc(NC(=S)NCC3(c4ccc(F)cc4)CCOCC3)n2)C1. The second-order valence-electron chi connectivity index (χ2n) is 11.4. The van der Waals surface area contributed by atoms with Gasteiger partial charge in [-0.2, -0.15) is 9.97 Å². The Morgan fingerprint density at radius 1 is 1.02 bits per heavy atom. The molecule has 2 fully saturated rings. The maximum Gasteiger partial charge on any atom is 0.232 e. The molecule has 0 amide bonds. The molecule has 4 heterocycles. The van der Waals surface area contributed by atoms with E-state index in [4.69, 9.17) is 26.9 Å². The van der Waals surface area contributed by atoms with Gasteiger partial charge in [-0.3, -0.25) is 0 Å². The lowest BCUT2D eigenvalue weighted by molar-refractivity contribution is 0.0515. The second kappa shape index (κ2) is 11.7. The molecule has 1 unspecified atom stereocenters. The minimum atomic E-state index is -0.229. The van der Waals surface area contributed by atoms with Gasteiger partial charge in [-0.1, -0.05) is 43.3 Å². The van der Waals surface area contributed by atoms with E-state index >= 15 is 0 Å². The van der Waals surface area contributed by atoms with Gasteiger partial charge in [0, 0.05) is 57.4 Å². The standard InChI is InChI=1S/C31H37FN6OS/c1-22-5-4-14-37(18-22)27-17-28(38-19-23-6-2-3-7-24(23)20-38)35-29(34-27)36-30(40)33-21-31(12-15-39-16-13-31)25-8-10-26(32)11-9-25/h2-3,6-11,17,22H,4-5,12-16,18-21H2,1H3,(H2,33,34,35,36,40). The lowest BCUT2D eigenvalue weighted by Gasteiger charge is -2.38. The van der Waals surface area contributed by atoms with Gasteiger partial charge in [0.05, 0.1) is 0 Å². The average Bonchev–Trinajstić information content (AvgIpc) is 3.42. The van der Waals surface area contributed by atoms with Crippen LogP contribution < -0.4 is 20.4 Å². The zero-order chi connectivity index (χ0) is 27.5. The largest absolute Gasteiger partial charge is 0.381 e. The van der Waals surface area contributed by atoms with Crippen molar-refractivity contribution in [3.63, 3.8) is 0 Å². The molecule has 2 aromatic carbocycles. The molecule has 40 heavy (non-hydrogen) atoms. The highest BCUT2D eigenvalue weighted by Crippen LogP contribution is 2.35. The normalized spacial score (nSPS) is 20.2. The summed E-state index contributed by atoms with van der Waals surface area (Å²) in [5, 5.41) is 7.20. The number of thiocarbonyl (C=S) groups is 1. The van der Waals surface area contributed by atoms with E-state index in [0.29, 0.717) is 36.7 Å². The van der Waals surface area contributed by atoms with Gasteiger partial charge in [0.2, 0.25) is 5.95 Å². The van der Waals surface area contributed by atoms with Crippen LogP contribution in [0.1, 0.15) is 49.3 Å². The highest BCUT2D eigenvalue weighted by molar-refractivity contribution is 7.80. The Kier molecular flexibility index (Phi) is 7.85. The molecule has 0 aliphatic carbocycles. The molecule has 1 aromatic heterocycles. The predicted molar refractivity (Wildman–Crippen MR) is 161 cm³/mol. The monoisotopic (exact) mass is 560 g/mol. The van der Waals surface area contributed by atoms with Crippen molar-refractivity contribution in [2.75, 3.05) is 48.0 Å². The second-order valence-corrected chi connectivity index (χ2v) is 11.8. The molecule has 3 aliphatic rings. The van der Waals surface area contributed by atoms with Gasteiger partial charge < -0.3 is 25.2 Å². The van der Waals surface area contributed by atoms with Crippen LogP contribution in [0.15, 0.2) is 54.6 Å². The quantitative estimate of drug-likeness (QED) is 0.388. The van der Waals surface area contributed by atoms with Crippen molar-refractivity contribution >= 4 is 34.9 Å². The Hall–Kier alpha value is -3.30. The number of nitrogens with zero attached hydrogens (tertiary/aromatic N) is 4. The van der Waals surface area contributed by atoms with Crippen molar-refractivity contribution in [3.8, 4) is 0 Å². The Balaban J connectivity index is 1.21. The molecule has 3 aliphatic heterocycles. The van der Waals surface area contributed by atoms with Crippen molar-refractivity contribution < 1.29 is 9.13 Å². The van der Waals surface area contributed by atoms with Crippen molar-refractivity contribution in [3.05, 3.63) is 77.1 Å². The zero-order valence-electron chi connectivity index (χ0n) is 23.0. The van der Waals surface area contributed by atoms with Gasteiger partial charge in [-0.15, -0.1) is 0 Å².